The molecule has 0 spiro atoms. The van der Waals surface area contributed by atoms with Crippen LogP contribution in [0.25, 0.3) is 6.08 Å². The van der Waals surface area contributed by atoms with Crippen molar-refractivity contribution in [1.82, 2.24) is 9.88 Å². The van der Waals surface area contributed by atoms with Crippen molar-refractivity contribution in [3.8, 4) is 0 Å². The highest BCUT2D eigenvalue weighted by Crippen LogP contribution is 2.18. The van der Waals surface area contributed by atoms with E-state index in [4.69, 9.17) is 9.15 Å². The van der Waals surface area contributed by atoms with Gasteiger partial charge in [0.15, 0.2) is 6.61 Å². The summed E-state index contributed by atoms with van der Waals surface area (Å²) < 4.78 is 12.4. The van der Waals surface area contributed by atoms with Crippen LogP contribution >= 0.6 is 11.3 Å². The maximum Gasteiger partial charge on any atom is 0.331 e. The lowest BCUT2D eigenvalue weighted by molar-refractivity contribution is -0.143. The number of carbonyl (C=O) groups is 3. The highest BCUT2D eigenvalue weighted by molar-refractivity contribution is 7.12. The molecule has 3 heterocycles. The van der Waals surface area contributed by atoms with Crippen molar-refractivity contribution in [2.75, 3.05) is 6.61 Å². The van der Waals surface area contributed by atoms with Gasteiger partial charge in [-0.1, -0.05) is 6.07 Å². The van der Waals surface area contributed by atoms with Crippen LogP contribution in [0.1, 0.15) is 32.4 Å². The first-order valence-corrected chi connectivity index (χ1v) is 9.73. The standard InChI is InChI=1S/C21H20N2O5S/c1-14-11-16(15(2)23(14)12-17-5-3-9-27-17)7-8-20(25)28-13-19(24)22-21(26)18-6-4-10-29-18/h3-11H,12-13H2,1-2H3,(H,22,24,26)/b8-7+. The molecular formula is C21H20N2O5S. The number of hydrogen-bond acceptors (Lipinski definition) is 6. The number of nitrogens with one attached hydrogen (secondary N) is 1. The molecule has 7 nitrogen and oxygen atoms in total. The predicted molar refractivity (Wildman–Crippen MR) is 109 cm³/mol. The number of aryl methyl sites for hydroxylation is 1. The molecule has 0 saturated heterocycles. The van der Waals surface area contributed by atoms with Crippen LogP contribution < -0.4 is 5.32 Å². The van der Waals surface area contributed by atoms with Gasteiger partial charge in [0, 0.05) is 17.5 Å². The fourth-order valence-corrected chi connectivity index (χ4v) is 3.39. The van der Waals surface area contributed by atoms with Gasteiger partial charge >= 0.3 is 5.97 Å². The van der Waals surface area contributed by atoms with Crippen LogP contribution in [0.3, 0.4) is 0 Å². The zero-order valence-electron chi connectivity index (χ0n) is 16.0. The molecule has 0 radical (unpaired) electrons. The largest absolute Gasteiger partial charge is 0.467 e. The van der Waals surface area contributed by atoms with Crippen LogP contribution in [0.15, 0.2) is 52.5 Å². The molecule has 0 aromatic carbocycles. The van der Waals surface area contributed by atoms with Crippen molar-refractivity contribution < 1.29 is 23.5 Å². The molecule has 0 atom stereocenters. The third-order valence-corrected chi connectivity index (χ3v) is 5.12. The molecular weight excluding hydrogens is 392 g/mol. The fraction of sp³-hybridized carbons (Fsp3) is 0.190. The van der Waals surface area contributed by atoms with Crippen molar-refractivity contribution in [3.63, 3.8) is 0 Å². The lowest BCUT2D eigenvalue weighted by atomic mass is 10.2. The van der Waals surface area contributed by atoms with E-state index >= 15 is 0 Å². The zero-order valence-corrected chi connectivity index (χ0v) is 16.8. The van der Waals surface area contributed by atoms with E-state index in [0.29, 0.717) is 11.4 Å². The first kappa shape index (κ1) is 20.3. The van der Waals surface area contributed by atoms with Gasteiger partial charge in [-0.2, -0.15) is 0 Å². The summed E-state index contributed by atoms with van der Waals surface area (Å²) in [5.74, 6) is -1.02. The molecule has 8 heteroatoms. The van der Waals surface area contributed by atoms with Gasteiger partial charge in [-0.05, 0) is 55.1 Å². The molecule has 0 aliphatic carbocycles. The Bertz CT molecular complexity index is 1030. The van der Waals surface area contributed by atoms with Crippen LogP contribution in [0, 0.1) is 13.8 Å². The molecule has 0 unspecified atom stereocenters. The third-order valence-electron chi connectivity index (χ3n) is 4.25. The molecule has 150 valence electrons. The van der Waals surface area contributed by atoms with Crippen LogP contribution in [-0.2, 0) is 20.9 Å². The fourth-order valence-electron chi connectivity index (χ4n) is 2.77. The Labute approximate surface area is 171 Å². The van der Waals surface area contributed by atoms with E-state index in [0.717, 1.165) is 22.7 Å². The summed E-state index contributed by atoms with van der Waals surface area (Å²) in [6.07, 6.45) is 4.52. The van der Waals surface area contributed by atoms with Gasteiger partial charge in [0.05, 0.1) is 17.7 Å². The van der Waals surface area contributed by atoms with Gasteiger partial charge < -0.3 is 13.7 Å². The highest BCUT2D eigenvalue weighted by atomic mass is 32.1. The second-order valence-corrected chi connectivity index (χ2v) is 7.24. The summed E-state index contributed by atoms with van der Waals surface area (Å²) in [6, 6.07) is 9.00. The summed E-state index contributed by atoms with van der Waals surface area (Å²) in [4.78, 5) is 35.8. The molecule has 3 rings (SSSR count). The Hall–Kier alpha value is -3.39. The van der Waals surface area contributed by atoms with Crippen molar-refractivity contribution in [1.29, 1.82) is 0 Å². The SMILES string of the molecule is Cc1cc(/C=C/C(=O)OCC(=O)NC(=O)c2cccs2)c(C)n1Cc1ccco1. The van der Waals surface area contributed by atoms with Gasteiger partial charge in [-0.15, -0.1) is 11.3 Å². The van der Waals surface area contributed by atoms with Crippen LogP contribution in [0.2, 0.25) is 0 Å². The Morgan fingerprint density at radius 3 is 2.76 bits per heavy atom. The third kappa shape index (κ3) is 5.32. The number of hydrogen-bond donors (Lipinski definition) is 1. The van der Waals surface area contributed by atoms with E-state index in [2.05, 4.69) is 9.88 Å². The number of rotatable bonds is 7. The van der Waals surface area contributed by atoms with E-state index in [1.165, 1.54) is 17.4 Å². The van der Waals surface area contributed by atoms with Crippen molar-refractivity contribution in [3.05, 3.63) is 75.6 Å². The number of aromatic nitrogens is 1. The van der Waals surface area contributed by atoms with E-state index in [9.17, 15) is 14.4 Å². The molecule has 0 aliphatic heterocycles. The van der Waals surface area contributed by atoms with E-state index < -0.39 is 24.4 Å². The number of furan rings is 1. The molecule has 29 heavy (non-hydrogen) atoms. The van der Waals surface area contributed by atoms with Gasteiger partial charge in [-0.3, -0.25) is 14.9 Å². The average molecular weight is 412 g/mol. The first-order chi connectivity index (χ1) is 13.9. The first-order valence-electron chi connectivity index (χ1n) is 8.85. The molecule has 2 amide bonds. The molecule has 0 fully saturated rings. The number of carbonyl (C=O) groups excluding carboxylic acids is 3. The minimum atomic E-state index is -0.679. The highest BCUT2D eigenvalue weighted by Gasteiger charge is 2.13. The number of ether oxygens (including phenoxy) is 1. The molecule has 0 bridgehead atoms. The minimum absolute atomic E-state index is 0.412. The minimum Gasteiger partial charge on any atom is -0.467 e. The summed E-state index contributed by atoms with van der Waals surface area (Å²) >= 11 is 1.22. The summed E-state index contributed by atoms with van der Waals surface area (Å²) in [5.41, 5.74) is 2.86. The Balaban J connectivity index is 1.52. The molecule has 0 aliphatic rings. The van der Waals surface area contributed by atoms with Gasteiger partial charge in [0.2, 0.25) is 0 Å². The van der Waals surface area contributed by atoms with Gasteiger partial charge in [0.25, 0.3) is 11.8 Å². The van der Waals surface area contributed by atoms with Crippen LogP contribution in [-0.4, -0.2) is 29.0 Å². The lowest BCUT2D eigenvalue weighted by Crippen LogP contribution is -2.33. The smallest absolute Gasteiger partial charge is 0.331 e. The zero-order chi connectivity index (χ0) is 20.8. The Morgan fingerprint density at radius 1 is 1.24 bits per heavy atom. The van der Waals surface area contributed by atoms with Crippen molar-refractivity contribution in [2.45, 2.75) is 20.4 Å². The lowest BCUT2D eigenvalue weighted by Gasteiger charge is -2.07. The number of esters is 1. The van der Waals surface area contributed by atoms with Crippen LogP contribution in [0.5, 0.6) is 0 Å². The maximum absolute atomic E-state index is 11.9. The average Bonchev–Trinajstić information content (AvgIpc) is 3.44. The second kappa shape index (κ2) is 9.20. The molecule has 1 N–H and O–H groups in total. The predicted octanol–water partition coefficient (Wildman–Crippen LogP) is 3.32. The molecule has 0 saturated carbocycles. The number of amides is 2. The summed E-state index contributed by atoms with van der Waals surface area (Å²) in [6.45, 7) is 3.99. The topological polar surface area (TPSA) is 90.5 Å². The van der Waals surface area contributed by atoms with Crippen molar-refractivity contribution >= 4 is 35.2 Å². The summed E-state index contributed by atoms with van der Waals surface area (Å²) in [5, 5.41) is 3.90. The number of thiophene rings is 1. The van der Waals surface area contributed by atoms with Crippen molar-refractivity contribution in [2.24, 2.45) is 0 Å². The van der Waals surface area contributed by atoms with Gasteiger partial charge in [-0.25, -0.2) is 4.79 Å². The summed E-state index contributed by atoms with van der Waals surface area (Å²) in [7, 11) is 0. The Morgan fingerprint density at radius 2 is 2.07 bits per heavy atom. The monoisotopic (exact) mass is 412 g/mol. The normalized spacial score (nSPS) is 11.0. The number of nitrogens with zero attached hydrogens (tertiary/aromatic N) is 1. The maximum atomic E-state index is 11.9. The molecule has 3 aromatic heterocycles. The quantitative estimate of drug-likeness (QED) is 0.475. The molecule has 3 aromatic rings. The van der Waals surface area contributed by atoms with Gasteiger partial charge in [0.1, 0.15) is 5.76 Å². The Kier molecular flexibility index (Phi) is 6.46. The van der Waals surface area contributed by atoms with E-state index in [1.807, 2.05) is 32.0 Å². The van der Waals surface area contributed by atoms with E-state index in [-0.39, 0.29) is 0 Å². The van der Waals surface area contributed by atoms with Crippen LogP contribution in [0.4, 0.5) is 0 Å². The second-order valence-electron chi connectivity index (χ2n) is 6.29. The number of imide groups is 1. The van der Waals surface area contributed by atoms with E-state index in [1.54, 1.807) is 29.9 Å².